The van der Waals surface area contributed by atoms with Gasteiger partial charge in [0.15, 0.2) is 0 Å². The van der Waals surface area contributed by atoms with Gasteiger partial charge in [0.2, 0.25) is 5.91 Å². The second-order valence-electron chi connectivity index (χ2n) is 6.18. The van der Waals surface area contributed by atoms with Crippen LogP contribution in [0.1, 0.15) is 37.8 Å². The van der Waals surface area contributed by atoms with Crippen molar-refractivity contribution < 1.29 is 4.79 Å². The second kappa shape index (κ2) is 10.6. The van der Waals surface area contributed by atoms with Crippen LogP contribution in [0.4, 0.5) is 5.69 Å². The van der Waals surface area contributed by atoms with E-state index in [0.29, 0.717) is 5.02 Å². The molecule has 0 saturated carbocycles. The van der Waals surface area contributed by atoms with Crippen molar-refractivity contribution in [2.45, 2.75) is 33.1 Å². The lowest BCUT2D eigenvalue weighted by Crippen LogP contribution is -2.24. The lowest BCUT2D eigenvalue weighted by Gasteiger charge is -2.23. The molecule has 2 aromatic carbocycles. The molecule has 0 fully saturated rings. The summed E-state index contributed by atoms with van der Waals surface area (Å²) >= 11 is 5.84. The van der Waals surface area contributed by atoms with Crippen LogP contribution < -0.4 is 10.3 Å². The number of nitrogens with one attached hydrogen (secondary N) is 1. The Kier molecular flexibility index (Phi) is 8.16. The molecule has 1 N–H and O–H groups in total. The predicted molar refractivity (Wildman–Crippen MR) is 110 cm³/mol. The van der Waals surface area contributed by atoms with Crippen molar-refractivity contribution in [2.75, 3.05) is 18.0 Å². The average molecular weight is 372 g/mol. The van der Waals surface area contributed by atoms with Crippen LogP contribution in [0.3, 0.4) is 0 Å². The van der Waals surface area contributed by atoms with E-state index in [1.807, 2.05) is 24.3 Å². The summed E-state index contributed by atoms with van der Waals surface area (Å²) in [4.78, 5) is 14.3. The number of amides is 1. The van der Waals surface area contributed by atoms with Crippen molar-refractivity contribution in [2.24, 2.45) is 5.10 Å². The molecule has 0 aliphatic carbocycles. The van der Waals surface area contributed by atoms with Crippen molar-refractivity contribution in [3.05, 3.63) is 64.7 Å². The van der Waals surface area contributed by atoms with E-state index in [1.165, 1.54) is 5.69 Å². The number of anilines is 1. The summed E-state index contributed by atoms with van der Waals surface area (Å²) in [6, 6.07) is 15.4. The van der Waals surface area contributed by atoms with E-state index in [9.17, 15) is 4.79 Å². The first kappa shape index (κ1) is 20.0. The number of nitrogens with zero attached hydrogens (tertiary/aromatic N) is 2. The molecule has 0 atom stereocenters. The summed E-state index contributed by atoms with van der Waals surface area (Å²) in [5.74, 6) is -0.155. The van der Waals surface area contributed by atoms with Gasteiger partial charge in [-0.25, -0.2) is 5.43 Å². The smallest absolute Gasteiger partial charge is 0.244 e. The Hall–Kier alpha value is -2.33. The normalized spacial score (nSPS) is 10.9. The molecule has 0 aromatic heterocycles. The third kappa shape index (κ3) is 6.52. The van der Waals surface area contributed by atoms with Crippen molar-refractivity contribution >= 4 is 29.4 Å². The Morgan fingerprint density at radius 2 is 1.65 bits per heavy atom. The van der Waals surface area contributed by atoms with Crippen LogP contribution in [0.25, 0.3) is 0 Å². The molecule has 1 amide bonds. The zero-order valence-electron chi connectivity index (χ0n) is 15.4. The van der Waals surface area contributed by atoms with Gasteiger partial charge in [-0.1, -0.05) is 49.7 Å². The maximum atomic E-state index is 11.9. The van der Waals surface area contributed by atoms with Gasteiger partial charge in [0.05, 0.1) is 12.6 Å². The molecule has 0 spiro atoms. The van der Waals surface area contributed by atoms with Crippen LogP contribution in [0, 0.1) is 0 Å². The summed E-state index contributed by atoms with van der Waals surface area (Å²) in [5, 5.41) is 4.70. The number of hydrazone groups is 1. The molecule has 0 heterocycles. The minimum absolute atomic E-state index is 0.155. The van der Waals surface area contributed by atoms with Gasteiger partial charge in [-0.2, -0.15) is 5.10 Å². The van der Waals surface area contributed by atoms with Crippen molar-refractivity contribution in [1.29, 1.82) is 0 Å². The van der Waals surface area contributed by atoms with Gasteiger partial charge < -0.3 is 4.90 Å². The lowest BCUT2D eigenvalue weighted by molar-refractivity contribution is -0.120. The topological polar surface area (TPSA) is 44.7 Å². The summed E-state index contributed by atoms with van der Waals surface area (Å²) < 4.78 is 0. The van der Waals surface area contributed by atoms with E-state index in [4.69, 9.17) is 11.6 Å². The highest BCUT2D eigenvalue weighted by Crippen LogP contribution is 2.15. The van der Waals surface area contributed by atoms with E-state index in [2.05, 4.69) is 41.4 Å². The van der Waals surface area contributed by atoms with Gasteiger partial charge in [0.25, 0.3) is 0 Å². The van der Waals surface area contributed by atoms with E-state index in [0.717, 1.165) is 37.1 Å². The number of hydrogen-bond donors (Lipinski definition) is 1. The monoisotopic (exact) mass is 371 g/mol. The van der Waals surface area contributed by atoms with Crippen molar-refractivity contribution in [3.63, 3.8) is 0 Å². The van der Waals surface area contributed by atoms with Crippen LogP contribution in [-0.4, -0.2) is 25.2 Å². The largest absolute Gasteiger partial charge is 0.372 e. The van der Waals surface area contributed by atoms with Crippen molar-refractivity contribution in [3.8, 4) is 0 Å². The number of carbonyl (C=O) groups excluding carboxylic acids is 1. The molecule has 138 valence electrons. The number of hydrogen-bond acceptors (Lipinski definition) is 3. The molecular formula is C21H26ClN3O. The molecule has 2 aromatic rings. The van der Waals surface area contributed by atoms with Crippen LogP contribution in [0.15, 0.2) is 53.6 Å². The van der Waals surface area contributed by atoms with E-state index < -0.39 is 0 Å². The predicted octanol–water partition coefficient (Wildman–Crippen LogP) is 4.66. The zero-order chi connectivity index (χ0) is 18.8. The second-order valence-corrected chi connectivity index (χ2v) is 6.61. The highest BCUT2D eigenvalue weighted by atomic mass is 35.5. The minimum Gasteiger partial charge on any atom is -0.372 e. The molecule has 0 unspecified atom stereocenters. The van der Waals surface area contributed by atoms with E-state index in [1.54, 1.807) is 18.3 Å². The first-order valence-electron chi connectivity index (χ1n) is 9.03. The maximum Gasteiger partial charge on any atom is 0.244 e. The van der Waals surface area contributed by atoms with Gasteiger partial charge in [0, 0.05) is 23.8 Å². The molecule has 26 heavy (non-hydrogen) atoms. The Morgan fingerprint density at radius 3 is 2.23 bits per heavy atom. The molecule has 0 radical (unpaired) electrons. The number of carbonyl (C=O) groups is 1. The Labute approximate surface area is 160 Å². The maximum absolute atomic E-state index is 11.9. The quantitative estimate of drug-likeness (QED) is 0.514. The van der Waals surface area contributed by atoms with Gasteiger partial charge >= 0.3 is 0 Å². The molecule has 0 aliphatic heterocycles. The van der Waals surface area contributed by atoms with Crippen LogP contribution in [0.5, 0.6) is 0 Å². The molecule has 0 bridgehead atoms. The Morgan fingerprint density at radius 1 is 1.04 bits per heavy atom. The third-order valence-corrected chi connectivity index (χ3v) is 4.18. The van der Waals surface area contributed by atoms with Crippen LogP contribution in [0.2, 0.25) is 5.02 Å². The van der Waals surface area contributed by atoms with Gasteiger partial charge in [0.1, 0.15) is 0 Å². The van der Waals surface area contributed by atoms with Crippen LogP contribution >= 0.6 is 11.6 Å². The fourth-order valence-electron chi connectivity index (χ4n) is 2.69. The molecule has 5 heteroatoms. The van der Waals surface area contributed by atoms with Gasteiger partial charge in [-0.15, -0.1) is 0 Å². The third-order valence-electron chi connectivity index (χ3n) is 3.93. The lowest BCUT2D eigenvalue weighted by atomic mass is 10.1. The molecule has 2 rings (SSSR count). The van der Waals surface area contributed by atoms with E-state index >= 15 is 0 Å². The molecule has 0 saturated heterocycles. The summed E-state index contributed by atoms with van der Waals surface area (Å²) in [6.45, 7) is 6.50. The summed E-state index contributed by atoms with van der Waals surface area (Å²) in [7, 11) is 0. The average Bonchev–Trinajstić information content (AvgIpc) is 2.64. The molecule has 4 nitrogen and oxygen atoms in total. The first-order valence-corrected chi connectivity index (χ1v) is 9.41. The van der Waals surface area contributed by atoms with E-state index in [-0.39, 0.29) is 12.3 Å². The number of benzene rings is 2. The number of rotatable bonds is 9. The highest BCUT2D eigenvalue weighted by molar-refractivity contribution is 6.30. The van der Waals surface area contributed by atoms with Gasteiger partial charge in [-0.05, 0) is 48.2 Å². The Balaban J connectivity index is 1.87. The summed E-state index contributed by atoms with van der Waals surface area (Å²) in [6.07, 6.45) is 4.19. The zero-order valence-corrected chi connectivity index (χ0v) is 16.2. The summed E-state index contributed by atoms with van der Waals surface area (Å²) in [5.41, 5.74) is 5.63. The SMILES string of the molecule is CCCN(CCC)c1ccc(C=NNC(=O)Cc2ccc(Cl)cc2)cc1. The highest BCUT2D eigenvalue weighted by Gasteiger charge is 2.04. The van der Waals surface area contributed by atoms with Gasteiger partial charge in [-0.3, -0.25) is 4.79 Å². The number of halogens is 1. The minimum atomic E-state index is -0.155. The van der Waals surface area contributed by atoms with Crippen LogP contribution in [-0.2, 0) is 11.2 Å². The fourth-order valence-corrected chi connectivity index (χ4v) is 2.81. The standard InChI is InChI=1S/C21H26ClN3O/c1-3-13-25(14-4-2)20-11-7-18(8-12-20)16-23-24-21(26)15-17-5-9-19(22)10-6-17/h5-12,16H,3-4,13-15H2,1-2H3,(H,24,26). The first-order chi connectivity index (χ1) is 12.6. The Bertz CT molecular complexity index is 705. The molecule has 0 aliphatic rings. The van der Waals surface area contributed by atoms with Crippen molar-refractivity contribution in [1.82, 2.24) is 5.43 Å². The fraction of sp³-hybridized carbons (Fsp3) is 0.333. The molecular weight excluding hydrogens is 346 g/mol.